The van der Waals surface area contributed by atoms with E-state index in [0.717, 1.165) is 29.8 Å². The molecule has 0 radical (unpaired) electrons. The number of hydrogen-bond acceptors (Lipinski definition) is 2. The van der Waals surface area contributed by atoms with Crippen LogP contribution < -0.4 is 0 Å². The molecule has 0 aliphatic heterocycles. The van der Waals surface area contributed by atoms with Gasteiger partial charge in [0.25, 0.3) is 0 Å². The van der Waals surface area contributed by atoms with E-state index >= 15 is 0 Å². The van der Waals surface area contributed by atoms with Crippen LogP contribution in [-0.4, -0.2) is 16.0 Å². The highest BCUT2D eigenvalue weighted by Crippen LogP contribution is 2.52. The van der Waals surface area contributed by atoms with Crippen LogP contribution in [0.25, 0.3) is 0 Å². The maximum Gasteiger partial charge on any atom is 0.160 e. The van der Waals surface area contributed by atoms with E-state index in [1.54, 1.807) is 0 Å². The van der Waals surface area contributed by atoms with Gasteiger partial charge in [-0.25, -0.2) is 0 Å². The number of allylic oxidation sites excluding steroid dienone is 2. The Morgan fingerprint density at radius 3 is 2.50 bits per heavy atom. The van der Waals surface area contributed by atoms with Crippen molar-refractivity contribution < 1.29 is 4.79 Å². The smallest absolute Gasteiger partial charge is 0.160 e. The van der Waals surface area contributed by atoms with Gasteiger partial charge in [-0.05, 0) is 31.2 Å². The molecule has 24 heavy (non-hydrogen) atoms. The number of H-pyrrole nitrogens is 1. The molecule has 1 unspecified atom stereocenters. The highest BCUT2D eigenvalue weighted by molar-refractivity contribution is 6.01. The average molecular weight is 320 g/mol. The summed E-state index contributed by atoms with van der Waals surface area (Å²) in [5.41, 5.74) is 6.47. The Hall–Kier alpha value is -2.16. The normalized spacial score (nSPS) is 25.4. The molecule has 1 N–H and O–H groups in total. The molecule has 1 atom stereocenters. The molecule has 0 fully saturated rings. The SMILES string of the molecule is Cc1[nH]nc2c1C(C)(c1ccccc1)C1=C(C2)CC(C)(C)CC1=O. The van der Waals surface area contributed by atoms with E-state index in [1.165, 1.54) is 16.7 Å². The van der Waals surface area contributed by atoms with Crippen molar-refractivity contribution in [3.63, 3.8) is 0 Å². The summed E-state index contributed by atoms with van der Waals surface area (Å²) in [6.45, 7) is 8.66. The largest absolute Gasteiger partial charge is 0.294 e. The number of carbonyl (C=O) groups is 1. The van der Waals surface area contributed by atoms with Gasteiger partial charge in [0.05, 0.1) is 5.69 Å². The van der Waals surface area contributed by atoms with Gasteiger partial charge < -0.3 is 0 Å². The highest BCUT2D eigenvalue weighted by Gasteiger charge is 2.48. The van der Waals surface area contributed by atoms with E-state index in [4.69, 9.17) is 0 Å². The van der Waals surface area contributed by atoms with Crippen molar-refractivity contribution in [3.8, 4) is 0 Å². The predicted molar refractivity (Wildman–Crippen MR) is 95.0 cm³/mol. The van der Waals surface area contributed by atoms with E-state index in [0.29, 0.717) is 12.2 Å². The first-order valence-corrected chi connectivity index (χ1v) is 8.68. The van der Waals surface area contributed by atoms with Crippen molar-refractivity contribution in [1.29, 1.82) is 0 Å². The maximum atomic E-state index is 13.2. The number of aromatic nitrogens is 2. The lowest BCUT2D eigenvalue weighted by molar-refractivity contribution is -0.118. The molecule has 4 rings (SSSR count). The fourth-order valence-electron chi connectivity index (χ4n) is 4.89. The minimum absolute atomic E-state index is 0.0381. The van der Waals surface area contributed by atoms with Crippen LogP contribution >= 0.6 is 0 Å². The first kappa shape index (κ1) is 15.4. The van der Waals surface area contributed by atoms with Crippen molar-refractivity contribution in [3.05, 3.63) is 64.0 Å². The minimum Gasteiger partial charge on any atom is -0.294 e. The number of fused-ring (bicyclic) bond motifs is 1. The van der Waals surface area contributed by atoms with Crippen LogP contribution in [0.15, 0.2) is 41.5 Å². The van der Waals surface area contributed by atoms with E-state index in [2.05, 4.69) is 62.2 Å². The number of aryl methyl sites for hydroxylation is 1. The fourth-order valence-corrected chi connectivity index (χ4v) is 4.89. The Labute approximate surface area is 143 Å². The van der Waals surface area contributed by atoms with Crippen LogP contribution in [-0.2, 0) is 16.6 Å². The Kier molecular flexibility index (Phi) is 3.15. The second kappa shape index (κ2) is 4.92. The molecule has 2 aromatic rings. The zero-order valence-corrected chi connectivity index (χ0v) is 14.9. The van der Waals surface area contributed by atoms with E-state index in [1.807, 2.05) is 6.07 Å². The lowest BCUT2D eigenvalue weighted by atomic mass is 9.58. The number of hydrogen-bond donors (Lipinski definition) is 1. The summed E-state index contributed by atoms with van der Waals surface area (Å²) in [5.74, 6) is 0.304. The molecule has 0 bridgehead atoms. The third kappa shape index (κ3) is 2.03. The summed E-state index contributed by atoms with van der Waals surface area (Å²) in [6, 6.07) is 10.4. The van der Waals surface area contributed by atoms with Crippen LogP contribution in [0.2, 0.25) is 0 Å². The Bertz CT molecular complexity index is 857. The van der Waals surface area contributed by atoms with Gasteiger partial charge >= 0.3 is 0 Å². The van der Waals surface area contributed by atoms with Gasteiger partial charge in [-0.15, -0.1) is 0 Å². The monoisotopic (exact) mass is 320 g/mol. The van der Waals surface area contributed by atoms with Crippen molar-refractivity contribution >= 4 is 5.78 Å². The number of carbonyl (C=O) groups excluding carboxylic acids is 1. The van der Waals surface area contributed by atoms with Gasteiger partial charge in [-0.3, -0.25) is 9.89 Å². The van der Waals surface area contributed by atoms with E-state index < -0.39 is 5.41 Å². The van der Waals surface area contributed by atoms with Gasteiger partial charge in [-0.1, -0.05) is 49.8 Å². The molecule has 0 saturated heterocycles. The lowest BCUT2D eigenvalue weighted by Gasteiger charge is -2.43. The van der Waals surface area contributed by atoms with Gasteiger partial charge in [0.15, 0.2) is 5.78 Å². The molecule has 3 heteroatoms. The van der Waals surface area contributed by atoms with Crippen molar-refractivity contribution in [2.45, 2.75) is 52.4 Å². The summed E-state index contributed by atoms with van der Waals surface area (Å²) in [6.07, 6.45) is 2.40. The zero-order valence-electron chi connectivity index (χ0n) is 14.9. The number of nitrogens with one attached hydrogen (secondary N) is 1. The first-order chi connectivity index (χ1) is 11.3. The molecular weight excluding hydrogens is 296 g/mol. The Balaban J connectivity index is 2.02. The average Bonchev–Trinajstić information content (AvgIpc) is 2.88. The van der Waals surface area contributed by atoms with Gasteiger partial charge in [0, 0.05) is 35.1 Å². The molecule has 1 aromatic heterocycles. The third-order valence-electron chi connectivity index (χ3n) is 5.72. The molecule has 1 heterocycles. The number of ketones is 1. The second-order valence-electron chi connectivity index (χ2n) is 8.26. The number of nitrogens with zero attached hydrogens (tertiary/aromatic N) is 1. The molecule has 3 nitrogen and oxygen atoms in total. The fraction of sp³-hybridized carbons (Fsp3) is 0.429. The van der Waals surface area contributed by atoms with Crippen LogP contribution in [0.5, 0.6) is 0 Å². The van der Waals surface area contributed by atoms with Crippen molar-refractivity contribution in [2.24, 2.45) is 5.41 Å². The van der Waals surface area contributed by atoms with Crippen LogP contribution in [0.3, 0.4) is 0 Å². The predicted octanol–water partition coefficient (Wildman–Crippen LogP) is 4.27. The summed E-state index contributed by atoms with van der Waals surface area (Å²) >= 11 is 0. The van der Waals surface area contributed by atoms with E-state index in [9.17, 15) is 4.79 Å². The van der Waals surface area contributed by atoms with E-state index in [-0.39, 0.29) is 5.41 Å². The van der Waals surface area contributed by atoms with Crippen molar-refractivity contribution in [2.75, 3.05) is 0 Å². The first-order valence-electron chi connectivity index (χ1n) is 8.68. The maximum absolute atomic E-state index is 13.2. The summed E-state index contributed by atoms with van der Waals surface area (Å²) in [5, 5.41) is 7.73. The number of Topliss-reactive ketones (excluding diaryl/α,β-unsaturated/α-hetero) is 1. The zero-order chi connectivity index (χ0) is 17.1. The molecule has 0 spiro atoms. The van der Waals surface area contributed by atoms with Gasteiger partial charge in [0.1, 0.15) is 0 Å². The second-order valence-corrected chi connectivity index (χ2v) is 8.26. The Morgan fingerprint density at radius 1 is 1.08 bits per heavy atom. The number of aromatic amines is 1. The quantitative estimate of drug-likeness (QED) is 0.853. The summed E-state index contributed by atoms with van der Waals surface area (Å²) in [7, 11) is 0. The molecular formula is C21H24N2O. The lowest BCUT2D eigenvalue weighted by Crippen LogP contribution is -2.41. The summed E-state index contributed by atoms with van der Waals surface area (Å²) in [4.78, 5) is 13.2. The molecule has 0 amide bonds. The van der Waals surface area contributed by atoms with Crippen LogP contribution in [0.4, 0.5) is 0 Å². The van der Waals surface area contributed by atoms with Gasteiger partial charge in [-0.2, -0.15) is 5.10 Å². The van der Waals surface area contributed by atoms with Gasteiger partial charge in [0.2, 0.25) is 0 Å². The molecule has 2 aliphatic carbocycles. The van der Waals surface area contributed by atoms with Crippen LogP contribution in [0, 0.1) is 12.3 Å². The number of rotatable bonds is 1. The molecule has 0 saturated carbocycles. The standard InChI is InChI=1S/C21H24N2O/c1-13-18-16(23-22-13)10-14-11-20(2,3)12-17(24)19(14)21(18,4)15-8-6-5-7-9-15/h5-9H,10-12H2,1-4H3,(H,22,23). The third-order valence-corrected chi connectivity index (χ3v) is 5.72. The highest BCUT2D eigenvalue weighted by atomic mass is 16.1. The molecule has 2 aliphatic rings. The topological polar surface area (TPSA) is 45.8 Å². The van der Waals surface area contributed by atoms with Crippen molar-refractivity contribution in [1.82, 2.24) is 10.2 Å². The Morgan fingerprint density at radius 2 is 1.79 bits per heavy atom. The minimum atomic E-state index is -0.408. The van der Waals surface area contributed by atoms with Crippen LogP contribution in [0.1, 0.15) is 56.1 Å². The summed E-state index contributed by atoms with van der Waals surface area (Å²) < 4.78 is 0. The molecule has 124 valence electrons. The molecule has 1 aromatic carbocycles. The number of benzene rings is 1.